The highest BCUT2D eigenvalue weighted by Gasteiger charge is 2.55. The summed E-state index contributed by atoms with van der Waals surface area (Å²) in [5.74, 6) is -0.728. The van der Waals surface area contributed by atoms with E-state index in [9.17, 15) is 9.59 Å². The van der Waals surface area contributed by atoms with Gasteiger partial charge >= 0.3 is 11.9 Å². The Morgan fingerprint density at radius 2 is 1.54 bits per heavy atom. The van der Waals surface area contributed by atoms with E-state index in [1.54, 1.807) is 13.8 Å². The van der Waals surface area contributed by atoms with Crippen LogP contribution in [0.2, 0.25) is 0 Å². The van der Waals surface area contributed by atoms with Crippen molar-refractivity contribution in [2.24, 2.45) is 5.92 Å². The Morgan fingerprint density at radius 1 is 1.00 bits per heavy atom. The van der Waals surface area contributed by atoms with Gasteiger partial charge < -0.3 is 18.9 Å². The van der Waals surface area contributed by atoms with Gasteiger partial charge in [-0.2, -0.15) is 0 Å². The molecule has 1 aliphatic heterocycles. The summed E-state index contributed by atoms with van der Waals surface area (Å²) in [6.07, 6.45) is -1.82. The van der Waals surface area contributed by atoms with Crippen molar-refractivity contribution < 1.29 is 28.5 Å². The van der Waals surface area contributed by atoms with Gasteiger partial charge in [0, 0.05) is 5.92 Å². The summed E-state index contributed by atoms with van der Waals surface area (Å²) in [5.41, 5.74) is 1.21. The number of rotatable bonds is 6. The Balaban J connectivity index is 1.68. The van der Waals surface area contributed by atoms with Gasteiger partial charge in [-0.3, -0.25) is 0 Å². The van der Waals surface area contributed by atoms with Crippen molar-refractivity contribution >= 4 is 11.9 Å². The van der Waals surface area contributed by atoms with Crippen LogP contribution >= 0.6 is 0 Å². The molecule has 4 atom stereocenters. The van der Waals surface area contributed by atoms with Gasteiger partial charge in [0.25, 0.3) is 0 Å². The molecular weight excluding hydrogens is 312 g/mol. The molecule has 1 saturated heterocycles. The van der Waals surface area contributed by atoms with E-state index >= 15 is 0 Å². The lowest BCUT2D eigenvalue weighted by Gasteiger charge is -2.13. The third kappa shape index (κ3) is 3.44. The van der Waals surface area contributed by atoms with Crippen LogP contribution in [0, 0.1) is 5.92 Å². The van der Waals surface area contributed by atoms with Gasteiger partial charge in [0.1, 0.15) is 0 Å². The number of hydrogen-bond donors (Lipinski definition) is 0. The summed E-state index contributed by atoms with van der Waals surface area (Å²) in [6.45, 7) is 3.84. The van der Waals surface area contributed by atoms with Crippen LogP contribution in [0.1, 0.15) is 31.7 Å². The predicted molar refractivity (Wildman–Crippen MR) is 84.1 cm³/mol. The lowest BCUT2D eigenvalue weighted by Crippen LogP contribution is -2.39. The minimum Gasteiger partial charge on any atom is -0.464 e. The average Bonchev–Trinajstić information content (AvgIpc) is 3.27. The lowest BCUT2D eigenvalue weighted by atomic mass is 10.1. The van der Waals surface area contributed by atoms with Crippen LogP contribution in [-0.4, -0.2) is 43.7 Å². The van der Waals surface area contributed by atoms with Crippen LogP contribution in [0.15, 0.2) is 30.3 Å². The molecule has 0 unspecified atom stereocenters. The second kappa shape index (κ2) is 7.32. The van der Waals surface area contributed by atoms with Gasteiger partial charge in [0.15, 0.2) is 18.5 Å². The minimum absolute atomic E-state index is 0.128. The predicted octanol–water partition coefficient (Wildman–Crippen LogP) is 2.03. The molecule has 130 valence electrons. The normalized spacial score (nSPS) is 29.2. The maximum atomic E-state index is 12.1. The summed E-state index contributed by atoms with van der Waals surface area (Å²) in [6, 6.07) is 10.1. The van der Waals surface area contributed by atoms with Crippen LogP contribution in [0.5, 0.6) is 0 Å². The smallest absolute Gasteiger partial charge is 0.338 e. The van der Waals surface area contributed by atoms with Crippen molar-refractivity contribution in [3.05, 3.63) is 35.9 Å². The first kappa shape index (κ1) is 16.9. The van der Waals surface area contributed by atoms with Crippen molar-refractivity contribution in [2.45, 2.75) is 44.7 Å². The van der Waals surface area contributed by atoms with Gasteiger partial charge in [-0.15, -0.1) is 0 Å². The highest BCUT2D eigenvalue weighted by Crippen LogP contribution is 2.52. The van der Waals surface area contributed by atoms with Crippen molar-refractivity contribution in [1.29, 1.82) is 0 Å². The molecule has 6 nitrogen and oxygen atoms in total. The second-order valence-electron chi connectivity index (χ2n) is 5.90. The molecule has 1 aliphatic carbocycles. The fourth-order valence-corrected chi connectivity index (χ4v) is 3.07. The van der Waals surface area contributed by atoms with E-state index in [2.05, 4.69) is 12.1 Å². The van der Waals surface area contributed by atoms with E-state index in [1.165, 1.54) is 5.56 Å². The van der Waals surface area contributed by atoms with Gasteiger partial charge in [-0.05, 0) is 31.7 Å². The van der Waals surface area contributed by atoms with E-state index in [0.29, 0.717) is 5.92 Å². The van der Waals surface area contributed by atoms with Crippen LogP contribution < -0.4 is 0 Å². The van der Waals surface area contributed by atoms with Crippen molar-refractivity contribution in [3.63, 3.8) is 0 Å². The third-order valence-electron chi connectivity index (χ3n) is 4.29. The van der Waals surface area contributed by atoms with Gasteiger partial charge in [-0.1, -0.05) is 30.3 Å². The van der Waals surface area contributed by atoms with Gasteiger partial charge in [0.05, 0.1) is 13.2 Å². The molecule has 1 aromatic carbocycles. The molecule has 0 radical (unpaired) electrons. The Kier molecular flexibility index (Phi) is 5.16. The van der Waals surface area contributed by atoms with E-state index < -0.39 is 30.4 Å². The molecule has 1 saturated carbocycles. The zero-order valence-corrected chi connectivity index (χ0v) is 13.8. The SMILES string of the molecule is CCOC(=O)[C@@H]1OC([C@@H]2C[C@H]2c2ccccc2)O[C@H]1C(=O)OCC. The van der Waals surface area contributed by atoms with Crippen LogP contribution in [0.4, 0.5) is 0 Å². The minimum atomic E-state index is -1.06. The molecule has 2 aliphatic rings. The molecule has 24 heavy (non-hydrogen) atoms. The first-order chi connectivity index (χ1) is 11.7. The van der Waals surface area contributed by atoms with Crippen LogP contribution in [0.25, 0.3) is 0 Å². The van der Waals surface area contributed by atoms with E-state index in [-0.39, 0.29) is 19.1 Å². The molecular formula is C18H22O6. The average molecular weight is 334 g/mol. The van der Waals surface area contributed by atoms with Gasteiger partial charge in [-0.25, -0.2) is 9.59 Å². The monoisotopic (exact) mass is 334 g/mol. The van der Waals surface area contributed by atoms with E-state index in [1.807, 2.05) is 18.2 Å². The zero-order chi connectivity index (χ0) is 17.1. The van der Waals surface area contributed by atoms with E-state index in [4.69, 9.17) is 18.9 Å². The molecule has 0 N–H and O–H groups in total. The summed E-state index contributed by atoms with van der Waals surface area (Å²) < 4.78 is 21.5. The molecule has 0 bridgehead atoms. The standard InChI is InChI=1S/C18H22O6/c1-3-21-16(19)14-15(17(20)22-4-2)24-18(23-14)13-10-12(13)11-8-6-5-7-9-11/h5-9,12-15,18H,3-4,10H2,1-2H3/t12-,13+,14+,15+/m0/s1. The Labute approximate surface area is 141 Å². The summed E-state index contributed by atoms with van der Waals surface area (Å²) in [5, 5.41) is 0. The Hall–Kier alpha value is -1.92. The summed E-state index contributed by atoms with van der Waals surface area (Å²) >= 11 is 0. The Bertz CT molecular complexity index is 560. The molecule has 1 heterocycles. The number of benzene rings is 1. The first-order valence-corrected chi connectivity index (χ1v) is 8.34. The molecule has 0 aromatic heterocycles. The lowest BCUT2D eigenvalue weighted by molar-refractivity contribution is -0.163. The number of carbonyl (C=O) groups is 2. The molecule has 0 spiro atoms. The second-order valence-corrected chi connectivity index (χ2v) is 5.90. The summed E-state index contributed by atoms with van der Waals surface area (Å²) in [4.78, 5) is 24.1. The Morgan fingerprint density at radius 3 is 2.04 bits per heavy atom. The van der Waals surface area contributed by atoms with Gasteiger partial charge in [0.2, 0.25) is 0 Å². The fourth-order valence-electron chi connectivity index (χ4n) is 3.07. The number of esters is 2. The largest absolute Gasteiger partial charge is 0.464 e. The van der Waals surface area contributed by atoms with Crippen molar-refractivity contribution in [2.75, 3.05) is 13.2 Å². The molecule has 6 heteroatoms. The third-order valence-corrected chi connectivity index (χ3v) is 4.29. The molecule has 2 fully saturated rings. The molecule has 3 rings (SSSR count). The summed E-state index contributed by atoms with van der Waals surface area (Å²) in [7, 11) is 0. The van der Waals surface area contributed by atoms with E-state index in [0.717, 1.165) is 6.42 Å². The van der Waals surface area contributed by atoms with Crippen molar-refractivity contribution in [3.8, 4) is 0 Å². The maximum absolute atomic E-state index is 12.1. The highest BCUT2D eigenvalue weighted by molar-refractivity contribution is 5.86. The van der Waals surface area contributed by atoms with Crippen LogP contribution in [0.3, 0.4) is 0 Å². The molecule has 1 aromatic rings. The first-order valence-electron chi connectivity index (χ1n) is 8.34. The quantitative estimate of drug-likeness (QED) is 0.741. The number of carbonyl (C=O) groups excluding carboxylic acids is 2. The van der Waals surface area contributed by atoms with Crippen LogP contribution in [-0.2, 0) is 28.5 Å². The topological polar surface area (TPSA) is 71.1 Å². The van der Waals surface area contributed by atoms with Crippen molar-refractivity contribution in [1.82, 2.24) is 0 Å². The zero-order valence-electron chi connectivity index (χ0n) is 13.8. The fraction of sp³-hybridized carbons (Fsp3) is 0.556. The molecule has 0 amide bonds. The maximum Gasteiger partial charge on any atom is 0.338 e. The number of hydrogen-bond acceptors (Lipinski definition) is 6. The number of ether oxygens (including phenoxy) is 4. The highest BCUT2D eigenvalue weighted by atomic mass is 16.8.